The molecule has 6 nitrogen and oxygen atoms in total. The number of hydrogen-bond donors (Lipinski definition) is 1. The lowest BCUT2D eigenvalue weighted by Gasteiger charge is -2.06. The van der Waals surface area contributed by atoms with Gasteiger partial charge in [-0.25, -0.2) is 4.98 Å². The Labute approximate surface area is 132 Å². The summed E-state index contributed by atoms with van der Waals surface area (Å²) in [6, 6.07) is 16.7. The molecule has 0 saturated carbocycles. The van der Waals surface area contributed by atoms with Crippen molar-refractivity contribution < 1.29 is 4.79 Å². The lowest BCUT2D eigenvalue weighted by atomic mass is 10.1. The van der Waals surface area contributed by atoms with Crippen molar-refractivity contribution in [3.8, 4) is 6.07 Å². The number of para-hydroxylation sites is 1. The Morgan fingerprint density at radius 3 is 2.61 bits per heavy atom. The third kappa shape index (κ3) is 3.30. The second kappa shape index (κ2) is 6.62. The fourth-order valence-electron chi connectivity index (χ4n) is 2.21. The maximum absolute atomic E-state index is 12.1. The molecule has 1 heterocycles. The van der Waals surface area contributed by atoms with Gasteiger partial charge in [-0.2, -0.15) is 5.26 Å². The molecule has 3 aromatic rings. The number of nitrogens with one attached hydrogen (secondary N) is 1. The molecule has 6 heteroatoms. The van der Waals surface area contributed by atoms with Crippen LogP contribution in [0, 0.1) is 11.3 Å². The number of hydrogen-bond acceptors (Lipinski definition) is 5. The van der Waals surface area contributed by atoms with E-state index in [0.29, 0.717) is 29.6 Å². The molecule has 1 aromatic heterocycles. The summed E-state index contributed by atoms with van der Waals surface area (Å²) >= 11 is 0. The zero-order chi connectivity index (χ0) is 16.1. The first-order chi connectivity index (χ1) is 11.3. The van der Waals surface area contributed by atoms with E-state index in [1.807, 2.05) is 30.3 Å². The predicted molar refractivity (Wildman–Crippen MR) is 84.5 cm³/mol. The van der Waals surface area contributed by atoms with Crippen LogP contribution in [0.15, 0.2) is 48.5 Å². The number of rotatable bonds is 4. The molecule has 112 valence electrons. The Morgan fingerprint density at radius 1 is 1.04 bits per heavy atom. The largest absolute Gasteiger partial charge is 0.349 e. The first-order valence-corrected chi connectivity index (χ1v) is 7.13. The van der Waals surface area contributed by atoms with Gasteiger partial charge in [0.25, 0.3) is 5.91 Å². The van der Waals surface area contributed by atoms with Crippen molar-refractivity contribution in [2.45, 2.75) is 6.42 Å². The van der Waals surface area contributed by atoms with E-state index in [2.05, 4.69) is 26.6 Å². The lowest BCUT2D eigenvalue weighted by Crippen LogP contribution is -2.28. The number of fused-ring (bicyclic) bond motifs is 1. The monoisotopic (exact) mass is 303 g/mol. The van der Waals surface area contributed by atoms with Gasteiger partial charge in [-0.05, 0) is 30.2 Å². The van der Waals surface area contributed by atoms with Crippen molar-refractivity contribution in [3.05, 3.63) is 65.5 Å². The molecule has 0 aliphatic heterocycles. The Bertz CT molecular complexity index is 901. The van der Waals surface area contributed by atoms with E-state index in [1.54, 1.807) is 18.2 Å². The highest BCUT2D eigenvalue weighted by Gasteiger charge is 2.11. The minimum Gasteiger partial charge on any atom is -0.349 e. The molecular weight excluding hydrogens is 290 g/mol. The maximum Gasteiger partial charge on any atom is 0.291 e. The van der Waals surface area contributed by atoms with E-state index < -0.39 is 0 Å². The zero-order valence-corrected chi connectivity index (χ0v) is 12.2. The second-order valence-corrected chi connectivity index (χ2v) is 4.90. The van der Waals surface area contributed by atoms with Crippen LogP contribution in [0.25, 0.3) is 11.0 Å². The summed E-state index contributed by atoms with van der Waals surface area (Å²) in [7, 11) is 0. The molecule has 0 saturated heterocycles. The molecule has 2 aromatic carbocycles. The number of carbonyl (C=O) groups is 1. The van der Waals surface area contributed by atoms with Gasteiger partial charge in [-0.1, -0.05) is 30.3 Å². The first-order valence-electron chi connectivity index (χ1n) is 7.13. The molecule has 0 fully saturated rings. The highest BCUT2D eigenvalue weighted by molar-refractivity contribution is 5.91. The number of aromatic nitrogens is 3. The van der Waals surface area contributed by atoms with Crippen LogP contribution >= 0.6 is 0 Å². The zero-order valence-electron chi connectivity index (χ0n) is 12.2. The summed E-state index contributed by atoms with van der Waals surface area (Å²) in [5.74, 6) is -0.338. The van der Waals surface area contributed by atoms with Gasteiger partial charge in [-0.3, -0.25) is 4.79 Å². The average Bonchev–Trinajstić information content (AvgIpc) is 2.61. The molecule has 1 N–H and O–H groups in total. The molecule has 0 unspecified atom stereocenters. The van der Waals surface area contributed by atoms with Gasteiger partial charge < -0.3 is 5.32 Å². The summed E-state index contributed by atoms with van der Waals surface area (Å²) in [4.78, 5) is 16.3. The van der Waals surface area contributed by atoms with Crippen molar-refractivity contribution in [1.82, 2.24) is 20.5 Å². The number of carbonyl (C=O) groups excluding carboxylic acids is 1. The third-order valence-electron chi connectivity index (χ3n) is 3.38. The van der Waals surface area contributed by atoms with Gasteiger partial charge in [0.2, 0.25) is 5.82 Å². The molecule has 1 amide bonds. The maximum atomic E-state index is 12.1. The highest BCUT2D eigenvalue weighted by atomic mass is 16.2. The quantitative estimate of drug-likeness (QED) is 0.794. The topological polar surface area (TPSA) is 91.6 Å². The van der Waals surface area contributed by atoms with E-state index in [0.717, 1.165) is 5.56 Å². The third-order valence-corrected chi connectivity index (χ3v) is 3.38. The normalized spacial score (nSPS) is 10.2. The molecule has 3 rings (SSSR count). The van der Waals surface area contributed by atoms with Crippen LogP contribution in [0.3, 0.4) is 0 Å². The van der Waals surface area contributed by atoms with Crippen molar-refractivity contribution in [2.24, 2.45) is 0 Å². The van der Waals surface area contributed by atoms with Crippen molar-refractivity contribution in [1.29, 1.82) is 5.26 Å². The molecule has 23 heavy (non-hydrogen) atoms. The van der Waals surface area contributed by atoms with Crippen molar-refractivity contribution in [3.63, 3.8) is 0 Å². The van der Waals surface area contributed by atoms with Gasteiger partial charge in [0.15, 0.2) is 0 Å². The molecule has 0 aliphatic carbocycles. The van der Waals surface area contributed by atoms with E-state index in [1.165, 1.54) is 0 Å². The van der Waals surface area contributed by atoms with Crippen molar-refractivity contribution in [2.75, 3.05) is 6.54 Å². The molecule has 0 bridgehead atoms. The summed E-state index contributed by atoms with van der Waals surface area (Å²) in [6.45, 7) is 0.397. The fraction of sp³-hybridized carbons (Fsp3) is 0.118. The molecular formula is C17H13N5O. The summed E-state index contributed by atoms with van der Waals surface area (Å²) in [5, 5.41) is 19.6. The van der Waals surface area contributed by atoms with E-state index in [9.17, 15) is 4.79 Å². The van der Waals surface area contributed by atoms with Gasteiger partial charge in [0.05, 0.1) is 17.1 Å². The number of nitriles is 1. The van der Waals surface area contributed by atoms with Gasteiger partial charge >= 0.3 is 0 Å². The van der Waals surface area contributed by atoms with E-state index >= 15 is 0 Å². The molecule has 0 spiro atoms. The van der Waals surface area contributed by atoms with Crippen LogP contribution in [0.4, 0.5) is 0 Å². The van der Waals surface area contributed by atoms with E-state index in [-0.39, 0.29) is 11.7 Å². The summed E-state index contributed by atoms with van der Waals surface area (Å²) in [5.41, 5.74) is 2.78. The van der Waals surface area contributed by atoms with Gasteiger partial charge in [0.1, 0.15) is 5.52 Å². The van der Waals surface area contributed by atoms with Crippen LogP contribution in [0.1, 0.15) is 21.7 Å². The second-order valence-electron chi connectivity index (χ2n) is 4.90. The van der Waals surface area contributed by atoms with Crippen LogP contribution in [0.2, 0.25) is 0 Å². The predicted octanol–water partition coefficient (Wildman–Crippen LogP) is 1.87. The Morgan fingerprint density at radius 2 is 1.78 bits per heavy atom. The van der Waals surface area contributed by atoms with Crippen LogP contribution < -0.4 is 5.32 Å². The summed E-state index contributed by atoms with van der Waals surface area (Å²) in [6.07, 6.45) is 0.566. The molecule has 0 atom stereocenters. The van der Waals surface area contributed by atoms with Crippen molar-refractivity contribution >= 4 is 16.9 Å². The SMILES string of the molecule is N#Cc1ccccc1CCNC(=O)c1nnc2ccccc2n1. The smallest absolute Gasteiger partial charge is 0.291 e. The lowest BCUT2D eigenvalue weighted by molar-refractivity contribution is 0.0943. The van der Waals surface area contributed by atoms with E-state index in [4.69, 9.17) is 5.26 Å². The number of benzene rings is 2. The Balaban J connectivity index is 1.66. The van der Waals surface area contributed by atoms with Crippen LogP contribution in [-0.4, -0.2) is 27.6 Å². The summed E-state index contributed by atoms with van der Waals surface area (Å²) < 4.78 is 0. The first kappa shape index (κ1) is 14.6. The molecule has 0 radical (unpaired) electrons. The minimum atomic E-state index is -0.377. The average molecular weight is 303 g/mol. The fourth-order valence-corrected chi connectivity index (χ4v) is 2.21. The Hall–Kier alpha value is -3.33. The Kier molecular flexibility index (Phi) is 4.20. The van der Waals surface area contributed by atoms with Crippen LogP contribution in [-0.2, 0) is 6.42 Å². The standard InChI is InChI=1S/C17H13N5O/c18-11-13-6-2-1-5-12(13)9-10-19-17(23)16-20-14-7-3-4-8-15(14)21-22-16/h1-8H,9-10H2,(H,19,23). The number of amides is 1. The van der Waals surface area contributed by atoms with Crippen LogP contribution in [0.5, 0.6) is 0 Å². The van der Waals surface area contributed by atoms with Gasteiger partial charge in [0, 0.05) is 6.54 Å². The van der Waals surface area contributed by atoms with Gasteiger partial charge in [-0.15, -0.1) is 10.2 Å². The molecule has 0 aliphatic rings. The minimum absolute atomic E-state index is 0.0391. The highest BCUT2D eigenvalue weighted by Crippen LogP contribution is 2.08. The number of nitrogens with zero attached hydrogens (tertiary/aromatic N) is 4.